The summed E-state index contributed by atoms with van der Waals surface area (Å²) in [5, 5.41) is 5.27. The molecule has 1 aromatic heterocycles. The van der Waals surface area contributed by atoms with E-state index in [9.17, 15) is 18.8 Å². The fourth-order valence-corrected chi connectivity index (χ4v) is 2.09. The summed E-state index contributed by atoms with van der Waals surface area (Å²) in [6.45, 7) is 3.01. The van der Waals surface area contributed by atoms with Gasteiger partial charge in [0.1, 0.15) is 0 Å². The van der Waals surface area contributed by atoms with Gasteiger partial charge >= 0.3 is 5.97 Å². The van der Waals surface area contributed by atoms with Crippen LogP contribution in [0.3, 0.4) is 0 Å². The summed E-state index contributed by atoms with van der Waals surface area (Å²) in [7, 11) is 0. The third-order valence-corrected chi connectivity index (χ3v) is 3.26. The molecule has 2 amide bonds. The largest absolute Gasteiger partial charge is 0.450 e. The fraction of sp³-hybridized carbons (Fsp3) is 0.312. The molecule has 0 aliphatic rings. The lowest BCUT2D eigenvalue weighted by Gasteiger charge is -2.06. The number of hydrogen-bond acceptors (Lipinski definition) is 5. The van der Waals surface area contributed by atoms with Crippen LogP contribution in [-0.2, 0) is 14.3 Å². The topological polar surface area (TPSA) is 97.6 Å². The number of esters is 1. The van der Waals surface area contributed by atoms with Crippen molar-refractivity contribution < 1.29 is 27.9 Å². The minimum Gasteiger partial charge on any atom is -0.450 e. The summed E-state index contributed by atoms with van der Waals surface area (Å²) < 4.78 is 23.7. The molecule has 8 heteroatoms. The monoisotopic (exact) mass is 336 g/mol. The zero-order valence-corrected chi connectivity index (χ0v) is 13.3. The van der Waals surface area contributed by atoms with Crippen LogP contribution in [0.2, 0.25) is 0 Å². The fourth-order valence-electron chi connectivity index (χ4n) is 2.09. The van der Waals surface area contributed by atoms with Crippen molar-refractivity contribution in [3.63, 3.8) is 0 Å². The van der Waals surface area contributed by atoms with Gasteiger partial charge in [0.05, 0.1) is 6.54 Å². The molecule has 0 radical (unpaired) electrons. The Morgan fingerprint density at radius 2 is 1.96 bits per heavy atom. The standard InChI is InChI=1S/C16H17FN2O5/c1-3-18-12(20)7-19-13(21)8-23-16(22)14-9(2)10-5-4-6-11(17)15(10)24-14/h4-6H,3,7-8H2,1-2H3,(H,18,20)(H,19,21). The highest BCUT2D eigenvalue weighted by Gasteiger charge is 2.21. The molecule has 7 nitrogen and oxygen atoms in total. The second kappa shape index (κ2) is 7.58. The summed E-state index contributed by atoms with van der Waals surface area (Å²) >= 11 is 0. The number of carbonyl (C=O) groups excluding carboxylic acids is 3. The predicted molar refractivity (Wildman–Crippen MR) is 82.9 cm³/mol. The van der Waals surface area contributed by atoms with Crippen LogP contribution < -0.4 is 10.6 Å². The van der Waals surface area contributed by atoms with Gasteiger partial charge in [-0.25, -0.2) is 9.18 Å². The number of ether oxygens (including phenoxy) is 1. The van der Waals surface area contributed by atoms with Gasteiger partial charge in [0.25, 0.3) is 5.91 Å². The number of amides is 2. The zero-order valence-electron chi connectivity index (χ0n) is 13.3. The molecule has 0 aliphatic carbocycles. The van der Waals surface area contributed by atoms with Crippen LogP contribution in [0.5, 0.6) is 0 Å². The first kappa shape index (κ1) is 17.5. The van der Waals surface area contributed by atoms with Gasteiger partial charge < -0.3 is 19.8 Å². The summed E-state index contributed by atoms with van der Waals surface area (Å²) in [5.74, 6) is -2.60. The van der Waals surface area contributed by atoms with E-state index < -0.39 is 24.3 Å². The number of rotatable bonds is 6. The van der Waals surface area contributed by atoms with E-state index in [-0.39, 0.29) is 23.8 Å². The quantitative estimate of drug-likeness (QED) is 0.775. The number of carbonyl (C=O) groups is 3. The van der Waals surface area contributed by atoms with Gasteiger partial charge in [0, 0.05) is 17.5 Å². The number of para-hydroxylation sites is 1. The average Bonchev–Trinajstić information content (AvgIpc) is 2.90. The van der Waals surface area contributed by atoms with Crippen LogP contribution in [0, 0.1) is 12.7 Å². The molecule has 128 valence electrons. The van der Waals surface area contributed by atoms with Crippen molar-refractivity contribution in [2.75, 3.05) is 19.7 Å². The minimum atomic E-state index is -0.878. The molecule has 0 aliphatic heterocycles. The van der Waals surface area contributed by atoms with E-state index in [0.29, 0.717) is 17.5 Å². The van der Waals surface area contributed by atoms with Gasteiger partial charge in [0.2, 0.25) is 11.7 Å². The number of hydrogen-bond donors (Lipinski definition) is 2. The zero-order chi connectivity index (χ0) is 17.7. The lowest BCUT2D eigenvalue weighted by atomic mass is 10.1. The molecule has 2 N–H and O–H groups in total. The first-order chi connectivity index (χ1) is 11.4. The number of furan rings is 1. The molecule has 2 rings (SSSR count). The molecule has 24 heavy (non-hydrogen) atoms. The van der Waals surface area contributed by atoms with Crippen molar-refractivity contribution in [2.24, 2.45) is 0 Å². The predicted octanol–water partition coefficient (Wildman–Crippen LogP) is 1.29. The van der Waals surface area contributed by atoms with E-state index in [1.807, 2.05) is 0 Å². The highest BCUT2D eigenvalue weighted by Crippen LogP contribution is 2.27. The summed E-state index contributed by atoms with van der Waals surface area (Å²) in [6.07, 6.45) is 0. The van der Waals surface area contributed by atoms with Gasteiger partial charge in [-0.15, -0.1) is 0 Å². The molecular weight excluding hydrogens is 319 g/mol. The molecule has 0 spiro atoms. The van der Waals surface area contributed by atoms with E-state index >= 15 is 0 Å². The van der Waals surface area contributed by atoms with E-state index in [4.69, 9.17) is 9.15 Å². The molecule has 2 aromatic rings. The first-order valence-corrected chi connectivity index (χ1v) is 7.32. The Balaban J connectivity index is 1.96. The normalized spacial score (nSPS) is 10.5. The Hall–Kier alpha value is -2.90. The van der Waals surface area contributed by atoms with E-state index in [1.165, 1.54) is 12.1 Å². The van der Waals surface area contributed by atoms with Crippen LogP contribution in [0.15, 0.2) is 22.6 Å². The molecule has 1 heterocycles. The van der Waals surface area contributed by atoms with Crippen molar-refractivity contribution >= 4 is 28.8 Å². The Kier molecular flexibility index (Phi) is 5.51. The van der Waals surface area contributed by atoms with E-state index in [1.54, 1.807) is 19.9 Å². The highest BCUT2D eigenvalue weighted by molar-refractivity contribution is 5.97. The lowest BCUT2D eigenvalue weighted by molar-refractivity contribution is -0.127. The van der Waals surface area contributed by atoms with Gasteiger partial charge in [-0.1, -0.05) is 12.1 Å². The third-order valence-electron chi connectivity index (χ3n) is 3.26. The van der Waals surface area contributed by atoms with Crippen molar-refractivity contribution in [2.45, 2.75) is 13.8 Å². The molecule has 0 saturated heterocycles. The van der Waals surface area contributed by atoms with E-state index in [0.717, 1.165) is 0 Å². The second-order valence-corrected chi connectivity index (χ2v) is 4.98. The summed E-state index contributed by atoms with van der Waals surface area (Å²) in [5.41, 5.74) is 0.389. The summed E-state index contributed by atoms with van der Waals surface area (Å²) in [6, 6.07) is 4.34. The molecule has 0 bridgehead atoms. The molecule has 1 aromatic carbocycles. The Bertz CT molecular complexity index is 784. The smallest absolute Gasteiger partial charge is 0.375 e. The SMILES string of the molecule is CCNC(=O)CNC(=O)COC(=O)c1oc2c(F)cccc2c1C. The third kappa shape index (κ3) is 3.89. The minimum absolute atomic E-state index is 0.0392. The number of halogens is 1. The Morgan fingerprint density at radius 3 is 2.62 bits per heavy atom. The van der Waals surface area contributed by atoms with Crippen LogP contribution in [0.4, 0.5) is 4.39 Å². The number of fused-ring (bicyclic) bond motifs is 1. The van der Waals surface area contributed by atoms with Crippen LogP contribution in [0.25, 0.3) is 11.0 Å². The van der Waals surface area contributed by atoms with Crippen molar-refractivity contribution in [3.05, 3.63) is 35.3 Å². The van der Waals surface area contributed by atoms with Gasteiger partial charge in [-0.05, 0) is 19.9 Å². The number of aryl methyl sites for hydroxylation is 1. The number of likely N-dealkylation sites (N-methyl/N-ethyl adjacent to an activating group) is 1. The first-order valence-electron chi connectivity index (χ1n) is 7.32. The molecular formula is C16H17FN2O5. The average molecular weight is 336 g/mol. The van der Waals surface area contributed by atoms with Gasteiger partial charge in [-0.2, -0.15) is 0 Å². The Labute approximate surface area is 137 Å². The number of benzene rings is 1. The van der Waals surface area contributed by atoms with Crippen LogP contribution in [0.1, 0.15) is 23.0 Å². The molecule has 0 atom stereocenters. The number of nitrogens with one attached hydrogen (secondary N) is 2. The van der Waals surface area contributed by atoms with Crippen LogP contribution in [-0.4, -0.2) is 37.5 Å². The molecule has 0 saturated carbocycles. The maximum Gasteiger partial charge on any atom is 0.375 e. The van der Waals surface area contributed by atoms with Crippen molar-refractivity contribution in [3.8, 4) is 0 Å². The van der Waals surface area contributed by atoms with Crippen molar-refractivity contribution in [1.29, 1.82) is 0 Å². The van der Waals surface area contributed by atoms with Gasteiger partial charge in [0.15, 0.2) is 18.0 Å². The maximum absolute atomic E-state index is 13.6. The van der Waals surface area contributed by atoms with Gasteiger partial charge in [-0.3, -0.25) is 9.59 Å². The van der Waals surface area contributed by atoms with Crippen LogP contribution >= 0.6 is 0 Å². The molecule has 0 fully saturated rings. The van der Waals surface area contributed by atoms with Crippen molar-refractivity contribution in [1.82, 2.24) is 10.6 Å². The maximum atomic E-state index is 13.6. The molecule has 0 unspecified atom stereocenters. The summed E-state index contributed by atoms with van der Waals surface area (Å²) in [4.78, 5) is 34.7. The Morgan fingerprint density at radius 1 is 1.21 bits per heavy atom. The second-order valence-electron chi connectivity index (χ2n) is 4.98. The lowest BCUT2D eigenvalue weighted by Crippen LogP contribution is -2.38. The highest BCUT2D eigenvalue weighted by atomic mass is 19.1. The van der Waals surface area contributed by atoms with E-state index in [2.05, 4.69) is 10.6 Å².